The Morgan fingerprint density at radius 2 is 1.78 bits per heavy atom. The molecular weight excluding hydrogens is 310 g/mol. The zero-order chi connectivity index (χ0) is 13.1. The summed E-state index contributed by atoms with van der Waals surface area (Å²) in [6.07, 6.45) is 0. The SMILES string of the molecule is CNC(c1ccc(Cl)cc1)c1cc(C)ccc1Br. The zero-order valence-electron chi connectivity index (χ0n) is 10.4. The van der Waals surface area contributed by atoms with Crippen molar-refractivity contribution < 1.29 is 0 Å². The Hall–Kier alpha value is -0.830. The third kappa shape index (κ3) is 2.94. The number of hydrogen-bond donors (Lipinski definition) is 1. The summed E-state index contributed by atoms with van der Waals surface area (Å²) >= 11 is 9.55. The third-order valence-electron chi connectivity index (χ3n) is 2.95. The Labute approximate surface area is 121 Å². The van der Waals surface area contributed by atoms with Gasteiger partial charge in [0.05, 0.1) is 6.04 Å². The van der Waals surface area contributed by atoms with E-state index in [1.807, 2.05) is 19.2 Å². The summed E-state index contributed by atoms with van der Waals surface area (Å²) in [7, 11) is 1.97. The van der Waals surface area contributed by atoms with Crippen molar-refractivity contribution in [2.75, 3.05) is 7.05 Å². The average Bonchev–Trinajstić information content (AvgIpc) is 2.37. The molecule has 0 fully saturated rings. The van der Waals surface area contributed by atoms with Crippen molar-refractivity contribution >= 4 is 27.5 Å². The Morgan fingerprint density at radius 1 is 1.11 bits per heavy atom. The fraction of sp³-hybridized carbons (Fsp3) is 0.200. The number of hydrogen-bond acceptors (Lipinski definition) is 1. The molecule has 1 unspecified atom stereocenters. The van der Waals surface area contributed by atoms with Crippen molar-refractivity contribution in [1.29, 1.82) is 0 Å². The number of benzene rings is 2. The standard InChI is InChI=1S/C15H15BrClN/c1-10-3-8-14(16)13(9-10)15(18-2)11-4-6-12(17)7-5-11/h3-9,15,18H,1-2H3. The molecular formula is C15H15BrClN. The van der Waals surface area contributed by atoms with E-state index in [9.17, 15) is 0 Å². The molecule has 0 aliphatic heterocycles. The van der Waals surface area contributed by atoms with E-state index in [1.54, 1.807) is 0 Å². The maximum Gasteiger partial charge on any atom is 0.0585 e. The van der Waals surface area contributed by atoms with Crippen molar-refractivity contribution in [3.63, 3.8) is 0 Å². The first kappa shape index (κ1) is 13.6. The number of rotatable bonds is 3. The molecule has 3 heteroatoms. The predicted octanol–water partition coefficient (Wildman–Crippen LogP) is 4.72. The van der Waals surface area contributed by atoms with Gasteiger partial charge in [-0.05, 0) is 43.3 Å². The van der Waals surface area contributed by atoms with E-state index in [1.165, 1.54) is 16.7 Å². The molecule has 94 valence electrons. The first-order chi connectivity index (χ1) is 8.61. The van der Waals surface area contributed by atoms with Crippen LogP contribution in [0.4, 0.5) is 0 Å². The summed E-state index contributed by atoms with van der Waals surface area (Å²) in [5, 5.41) is 4.11. The molecule has 0 aliphatic carbocycles. The predicted molar refractivity (Wildman–Crippen MR) is 81.2 cm³/mol. The van der Waals surface area contributed by atoms with Gasteiger partial charge in [-0.15, -0.1) is 0 Å². The van der Waals surface area contributed by atoms with Crippen LogP contribution in [0.15, 0.2) is 46.9 Å². The van der Waals surface area contributed by atoms with E-state index in [-0.39, 0.29) is 6.04 Å². The van der Waals surface area contributed by atoms with Crippen LogP contribution < -0.4 is 5.32 Å². The van der Waals surface area contributed by atoms with E-state index in [0.29, 0.717) is 0 Å². The van der Waals surface area contributed by atoms with Gasteiger partial charge in [-0.3, -0.25) is 0 Å². The van der Waals surface area contributed by atoms with Gasteiger partial charge in [0.2, 0.25) is 0 Å². The molecule has 0 saturated carbocycles. The second-order valence-corrected chi connectivity index (χ2v) is 5.59. The van der Waals surface area contributed by atoms with Crippen LogP contribution in [-0.2, 0) is 0 Å². The lowest BCUT2D eigenvalue weighted by Crippen LogP contribution is -2.18. The molecule has 0 amide bonds. The number of halogens is 2. The van der Waals surface area contributed by atoms with E-state index in [2.05, 4.69) is 58.5 Å². The van der Waals surface area contributed by atoms with Gasteiger partial charge in [0.1, 0.15) is 0 Å². The van der Waals surface area contributed by atoms with Crippen LogP contribution in [0.2, 0.25) is 5.02 Å². The van der Waals surface area contributed by atoms with E-state index in [0.717, 1.165) is 9.50 Å². The molecule has 2 aromatic carbocycles. The topological polar surface area (TPSA) is 12.0 Å². The molecule has 0 saturated heterocycles. The summed E-state index contributed by atoms with van der Waals surface area (Å²) in [6.45, 7) is 2.10. The minimum Gasteiger partial charge on any atom is -0.309 e. The molecule has 1 atom stereocenters. The highest BCUT2D eigenvalue weighted by Crippen LogP contribution is 2.29. The first-order valence-electron chi connectivity index (χ1n) is 5.80. The van der Waals surface area contributed by atoms with Crippen LogP contribution in [0.1, 0.15) is 22.7 Å². The summed E-state index contributed by atoms with van der Waals surface area (Å²) in [4.78, 5) is 0. The molecule has 2 aromatic rings. The van der Waals surface area contributed by atoms with Crippen LogP contribution in [-0.4, -0.2) is 7.05 Å². The molecule has 0 spiro atoms. The van der Waals surface area contributed by atoms with Crippen molar-refractivity contribution in [3.05, 3.63) is 68.7 Å². The molecule has 1 N–H and O–H groups in total. The van der Waals surface area contributed by atoms with Crippen molar-refractivity contribution in [2.45, 2.75) is 13.0 Å². The van der Waals surface area contributed by atoms with Gasteiger partial charge >= 0.3 is 0 Å². The summed E-state index contributed by atoms with van der Waals surface area (Å²) in [5.41, 5.74) is 3.69. The maximum atomic E-state index is 5.93. The van der Waals surface area contributed by atoms with Gasteiger partial charge in [0, 0.05) is 9.50 Å². The second kappa shape index (κ2) is 5.87. The Kier molecular flexibility index (Phi) is 4.44. The molecule has 0 bridgehead atoms. The normalized spacial score (nSPS) is 12.4. The lowest BCUT2D eigenvalue weighted by molar-refractivity contribution is 0.688. The lowest BCUT2D eigenvalue weighted by Gasteiger charge is -2.19. The fourth-order valence-electron chi connectivity index (χ4n) is 2.04. The van der Waals surface area contributed by atoms with Crippen LogP contribution in [0.3, 0.4) is 0 Å². The smallest absolute Gasteiger partial charge is 0.0585 e. The molecule has 2 rings (SSSR count). The van der Waals surface area contributed by atoms with E-state index in [4.69, 9.17) is 11.6 Å². The molecule has 0 aromatic heterocycles. The Bertz CT molecular complexity index is 537. The second-order valence-electron chi connectivity index (χ2n) is 4.30. The Morgan fingerprint density at radius 3 is 2.39 bits per heavy atom. The molecule has 0 aliphatic rings. The van der Waals surface area contributed by atoms with Crippen molar-refractivity contribution in [2.24, 2.45) is 0 Å². The van der Waals surface area contributed by atoms with Crippen LogP contribution >= 0.6 is 27.5 Å². The largest absolute Gasteiger partial charge is 0.309 e. The van der Waals surface area contributed by atoms with Gasteiger partial charge < -0.3 is 5.32 Å². The molecule has 0 radical (unpaired) electrons. The highest BCUT2D eigenvalue weighted by molar-refractivity contribution is 9.10. The minimum atomic E-state index is 0.163. The highest BCUT2D eigenvalue weighted by Gasteiger charge is 2.14. The summed E-state index contributed by atoms with van der Waals surface area (Å²) in [5.74, 6) is 0. The van der Waals surface area contributed by atoms with Crippen molar-refractivity contribution in [3.8, 4) is 0 Å². The monoisotopic (exact) mass is 323 g/mol. The summed E-state index contributed by atoms with van der Waals surface area (Å²) in [6, 6.07) is 14.5. The third-order valence-corrected chi connectivity index (χ3v) is 3.93. The van der Waals surface area contributed by atoms with Gasteiger partial charge in [0.15, 0.2) is 0 Å². The van der Waals surface area contributed by atoms with Crippen LogP contribution in [0, 0.1) is 6.92 Å². The summed E-state index contributed by atoms with van der Waals surface area (Å²) < 4.78 is 1.11. The number of nitrogens with one attached hydrogen (secondary N) is 1. The van der Waals surface area contributed by atoms with Crippen LogP contribution in [0.25, 0.3) is 0 Å². The van der Waals surface area contributed by atoms with Gasteiger partial charge in [-0.25, -0.2) is 0 Å². The lowest BCUT2D eigenvalue weighted by atomic mass is 9.97. The zero-order valence-corrected chi connectivity index (χ0v) is 12.7. The minimum absolute atomic E-state index is 0.163. The fourth-order valence-corrected chi connectivity index (χ4v) is 2.64. The quantitative estimate of drug-likeness (QED) is 0.861. The Balaban J connectivity index is 2.44. The van der Waals surface area contributed by atoms with Crippen molar-refractivity contribution in [1.82, 2.24) is 5.32 Å². The van der Waals surface area contributed by atoms with Gasteiger partial charge in [0.25, 0.3) is 0 Å². The highest BCUT2D eigenvalue weighted by atomic mass is 79.9. The number of aryl methyl sites for hydroxylation is 1. The van der Waals surface area contributed by atoms with E-state index < -0.39 is 0 Å². The van der Waals surface area contributed by atoms with Gasteiger partial charge in [-0.2, -0.15) is 0 Å². The van der Waals surface area contributed by atoms with Gasteiger partial charge in [-0.1, -0.05) is 57.4 Å². The van der Waals surface area contributed by atoms with E-state index >= 15 is 0 Å². The molecule has 0 heterocycles. The molecule has 1 nitrogen and oxygen atoms in total. The molecule has 18 heavy (non-hydrogen) atoms. The first-order valence-corrected chi connectivity index (χ1v) is 6.97. The maximum absolute atomic E-state index is 5.93. The average molecular weight is 325 g/mol. The van der Waals surface area contributed by atoms with Crippen LogP contribution in [0.5, 0.6) is 0 Å².